The molecule has 8 heteroatoms. The predicted octanol–water partition coefficient (Wildman–Crippen LogP) is 5.16. The van der Waals surface area contributed by atoms with Crippen LogP contribution in [0.2, 0.25) is 5.02 Å². The van der Waals surface area contributed by atoms with E-state index in [0.29, 0.717) is 6.54 Å². The van der Waals surface area contributed by atoms with Crippen molar-refractivity contribution < 1.29 is 14.1 Å². The second kappa shape index (κ2) is 10.2. The summed E-state index contributed by atoms with van der Waals surface area (Å²) >= 11 is 5.84. The summed E-state index contributed by atoms with van der Waals surface area (Å²) in [5, 5.41) is 23.6. The molecule has 1 heterocycles. The third-order valence-electron chi connectivity index (χ3n) is 4.47. The Hall–Kier alpha value is -3.89. The zero-order valence-electron chi connectivity index (χ0n) is 16.4. The van der Waals surface area contributed by atoms with Crippen molar-refractivity contribution in [2.45, 2.75) is 12.8 Å². The van der Waals surface area contributed by atoms with E-state index in [4.69, 9.17) is 16.0 Å². The molecular weight excluding hydrogens is 418 g/mol. The minimum atomic E-state index is -0.553. The lowest BCUT2D eigenvalue weighted by atomic mass is 10.1. The van der Waals surface area contributed by atoms with Crippen LogP contribution >= 0.6 is 11.6 Å². The Morgan fingerprint density at radius 3 is 2.68 bits per heavy atom. The van der Waals surface area contributed by atoms with Gasteiger partial charge in [-0.15, -0.1) is 0 Å². The van der Waals surface area contributed by atoms with Crippen molar-refractivity contribution in [1.82, 2.24) is 5.32 Å². The second-order valence-electron chi connectivity index (χ2n) is 6.64. The molecule has 0 radical (unpaired) electrons. The number of amides is 1. The van der Waals surface area contributed by atoms with Crippen molar-refractivity contribution in [3.8, 4) is 17.4 Å². The summed E-state index contributed by atoms with van der Waals surface area (Å²) in [6.45, 7) is 0.424. The number of hydrogen-bond donors (Lipinski definition) is 1. The number of nitrogens with zero attached hydrogens (tertiary/aromatic N) is 2. The molecule has 3 rings (SSSR count). The Morgan fingerprint density at radius 2 is 1.97 bits per heavy atom. The Kier molecular flexibility index (Phi) is 7.20. The number of furan rings is 1. The predicted molar refractivity (Wildman–Crippen MR) is 117 cm³/mol. The van der Waals surface area contributed by atoms with E-state index in [2.05, 4.69) is 5.32 Å². The maximum absolute atomic E-state index is 12.3. The average molecular weight is 436 g/mol. The number of hydrogen-bond acceptors (Lipinski definition) is 5. The fraction of sp³-hybridized carbons (Fsp3) is 0.130. The van der Waals surface area contributed by atoms with Gasteiger partial charge in [0.05, 0.1) is 10.5 Å². The van der Waals surface area contributed by atoms with Crippen LogP contribution < -0.4 is 5.32 Å². The normalized spacial score (nSPS) is 11.0. The van der Waals surface area contributed by atoms with Crippen molar-refractivity contribution >= 4 is 29.3 Å². The molecule has 0 aliphatic heterocycles. The monoisotopic (exact) mass is 435 g/mol. The molecule has 1 amide bonds. The zero-order chi connectivity index (χ0) is 22.2. The molecule has 0 saturated heterocycles. The lowest BCUT2D eigenvalue weighted by molar-refractivity contribution is -0.384. The highest BCUT2D eigenvalue weighted by Gasteiger charge is 2.19. The summed E-state index contributed by atoms with van der Waals surface area (Å²) in [7, 11) is 0. The molecule has 7 nitrogen and oxygen atoms in total. The molecule has 0 aliphatic rings. The van der Waals surface area contributed by atoms with Crippen LogP contribution in [0, 0.1) is 21.4 Å². The second-order valence-corrected chi connectivity index (χ2v) is 7.07. The van der Waals surface area contributed by atoms with Crippen molar-refractivity contribution in [2.75, 3.05) is 6.54 Å². The molecule has 0 aliphatic carbocycles. The number of nitro groups is 1. The number of carbonyl (C=O) groups is 1. The summed E-state index contributed by atoms with van der Waals surface area (Å²) < 4.78 is 5.61. The molecule has 156 valence electrons. The van der Waals surface area contributed by atoms with Crippen LogP contribution in [0.3, 0.4) is 0 Å². The highest BCUT2D eigenvalue weighted by Crippen LogP contribution is 2.33. The lowest BCUT2D eigenvalue weighted by Crippen LogP contribution is -2.25. The van der Waals surface area contributed by atoms with E-state index in [1.54, 1.807) is 0 Å². The molecule has 31 heavy (non-hydrogen) atoms. The first-order valence-corrected chi connectivity index (χ1v) is 9.84. The number of nitro benzene ring substituents is 1. The molecule has 0 spiro atoms. The molecule has 1 aromatic heterocycles. The van der Waals surface area contributed by atoms with Crippen molar-refractivity contribution in [3.63, 3.8) is 0 Å². The fourth-order valence-corrected chi connectivity index (χ4v) is 3.13. The van der Waals surface area contributed by atoms with Gasteiger partial charge in [-0.25, -0.2) is 0 Å². The van der Waals surface area contributed by atoms with Gasteiger partial charge in [-0.2, -0.15) is 5.26 Å². The largest absolute Gasteiger partial charge is 0.456 e. The summed E-state index contributed by atoms with van der Waals surface area (Å²) in [6, 6.07) is 19.1. The van der Waals surface area contributed by atoms with E-state index in [1.807, 2.05) is 36.4 Å². The van der Waals surface area contributed by atoms with E-state index in [-0.39, 0.29) is 33.4 Å². The van der Waals surface area contributed by atoms with Gasteiger partial charge in [-0.1, -0.05) is 41.9 Å². The zero-order valence-corrected chi connectivity index (χ0v) is 17.1. The number of nitrogens with one attached hydrogen (secondary N) is 1. The van der Waals surface area contributed by atoms with Gasteiger partial charge < -0.3 is 9.73 Å². The molecule has 0 unspecified atom stereocenters. The summed E-state index contributed by atoms with van der Waals surface area (Å²) in [4.78, 5) is 23.0. The number of rotatable bonds is 8. The van der Waals surface area contributed by atoms with Crippen LogP contribution in [-0.4, -0.2) is 17.4 Å². The van der Waals surface area contributed by atoms with Gasteiger partial charge in [0.1, 0.15) is 23.2 Å². The molecule has 1 N–H and O–H groups in total. The smallest absolute Gasteiger partial charge is 0.281 e. The highest BCUT2D eigenvalue weighted by molar-refractivity contribution is 6.30. The van der Waals surface area contributed by atoms with E-state index >= 15 is 0 Å². The van der Waals surface area contributed by atoms with E-state index < -0.39 is 10.8 Å². The maximum Gasteiger partial charge on any atom is 0.281 e. The van der Waals surface area contributed by atoms with Gasteiger partial charge in [-0.05, 0) is 42.7 Å². The SMILES string of the molecule is N#C/C(=C/c1ccc(-c2ccc(Cl)cc2[N+](=O)[O-])o1)C(=O)NCCCc1ccccc1. The molecular formula is C23H18ClN3O4. The first kappa shape index (κ1) is 21.8. The Balaban J connectivity index is 1.67. The number of aryl methyl sites for hydroxylation is 1. The van der Waals surface area contributed by atoms with Crippen molar-refractivity contribution in [1.29, 1.82) is 5.26 Å². The molecule has 2 aromatic carbocycles. The van der Waals surface area contributed by atoms with Crippen LogP contribution in [0.1, 0.15) is 17.7 Å². The minimum Gasteiger partial charge on any atom is -0.456 e. The molecule has 0 atom stereocenters. The Labute approximate surface area is 183 Å². The summed E-state index contributed by atoms with van der Waals surface area (Å²) in [5.74, 6) is -0.0450. The minimum absolute atomic E-state index is 0.119. The van der Waals surface area contributed by atoms with Gasteiger partial charge in [0.2, 0.25) is 0 Å². The highest BCUT2D eigenvalue weighted by atomic mass is 35.5. The maximum atomic E-state index is 12.3. The molecule has 3 aromatic rings. The quantitative estimate of drug-likeness (QED) is 0.173. The third-order valence-corrected chi connectivity index (χ3v) is 4.71. The molecule has 0 fully saturated rings. The number of benzene rings is 2. The summed E-state index contributed by atoms with van der Waals surface area (Å²) in [6.07, 6.45) is 2.85. The topological polar surface area (TPSA) is 109 Å². The van der Waals surface area contributed by atoms with Crippen LogP contribution in [0.15, 0.2) is 70.7 Å². The van der Waals surface area contributed by atoms with Gasteiger partial charge >= 0.3 is 0 Å². The Bertz CT molecular complexity index is 1160. The lowest BCUT2D eigenvalue weighted by Gasteiger charge is -2.04. The first-order chi connectivity index (χ1) is 15.0. The molecule has 0 bridgehead atoms. The van der Waals surface area contributed by atoms with Crippen LogP contribution in [-0.2, 0) is 11.2 Å². The van der Waals surface area contributed by atoms with Crippen molar-refractivity contribution in [2.24, 2.45) is 0 Å². The van der Waals surface area contributed by atoms with E-state index in [9.17, 15) is 20.2 Å². The van der Waals surface area contributed by atoms with Crippen LogP contribution in [0.25, 0.3) is 17.4 Å². The van der Waals surface area contributed by atoms with Crippen LogP contribution in [0.5, 0.6) is 0 Å². The summed E-state index contributed by atoms with van der Waals surface area (Å²) in [5.41, 5.74) is 1.10. The van der Waals surface area contributed by atoms with Gasteiger partial charge in [0, 0.05) is 23.7 Å². The van der Waals surface area contributed by atoms with E-state index in [0.717, 1.165) is 12.8 Å². The van der Waals surface area contributed by atoms with E-state index in [1.165, 1.54) is 42.0 Å². The first-order valence-electron chi connectivity index (χ1n) is 9.46. The van der Waals surface area contributed by atoms with Gasteiger partial charge in [0.15, 0.2) is 0 Å². The van der Waals surface area contributed by atoms with Gasteiger partial charge in [-0.3, -0.25) is 14.9 Å². The fourth-order valence-electron chi connectivity index (χ4n) is 2.96. The number of halogens is 1. The molecule has 0 saturated carbocycles. The van der Waals surface area contributed by atoms with Crippen molar-refractivity contribution in [3.05, 3.63) is 92.7 Å². The average Bonchev–Trinajstić information content (AvgIpc) is 3.24. The standard InChI is InChI=1S/C23H18ClN3O4/c24-18-8-10-20(21(14-18)27(29)30)22-11-9-19(31-22)13-17(15-25)23(28)26-12-4-7-16-5-2-1-3-6-16/h1-3,5-6,8-11,13-14H,4,7,12H2,(H,26,28)/b17-13-. The number of nitriles is 1. The third kappa shape index (κ3) is 5.81. The van der Waals surface area contributed by atoms with Gasteiger partial charge in [0.25, 0.3) is 11.6 Å². The Morgan fingerprint density at radius 1 is 1.19 bits per heavy atom. The number of carbonyl (C=O) groups excluding carboxylic acids is 1. The van der Waals surface area contributed by atoms with Crippen LogP contribution in [0.4, 0.5) is 5.69 Å².